The van der Waals surface area contributed by atoms with Gasteiger partial charge in [0.25, 0.3) is 0 Å². The molecule has 1 N–H and O–H groups in total. The number of anilines is 1. The molecule has 37 heavy (non-hydrogen) atoms. The Morgan fingerprint density at radius 2 is 1.49 bits per heavy atom. The third kappa shape index (κ3) is 10.5. The van der Waals surface area contributed by atoms with Crippen LogP contribution in [0.1, 0.15) is 56.3 Å². The molecular formula is C29H41BrN2O5. The lowest BCUT2D eigenvalue weighted by molar-refractivity contribution is -0.183. The van der Waals surface area contributed by atoms with E-state index in [9.17, 15) is 4.79 Å². The van der Waals surface area contributed by atoms with Crippen LogP contribution >= 0.6 is 15.9 Å². The summed E-state index contributed by atoms with van der Waals surface area (Å²) in [5.41, 5.74) is 2.91. The number of carbonyl (C=O) groups excluding carboxylic acids is 1. The number of nitrogens with zero attached hydrogens (tertiary/aromatic N) is 1. The first-order valence-electron chi connectivity index (χ1n) is 13.1. The summed E-state index contributed by atoms with van der Waals surface area (Å²) >= 11 is 3.42. The van der Waals surface area contributed by atoms with Crippen LogP contribution in [0.4, 0.5) is 5.69 Å². The molecule has 0 bridgehead atoms. The molecule has 0 aliphatic carbocycles. The van der Waals surface area contributed by atoms with Gasteiger partial charge < -0.3 is 29.2 Å². The lowest BCUT2D eigenvalue weighted by Gasteiger charge is -2.36. The molecule has 5 rings (SSSR count). The number of aldehydes is 1. The van der Waals surface area contributed by atoms with Gasteiger partial charge >= 0.3 is 0 Å². The van der Waals surface area contributed by atoms with Crippen molar-refractivity contribution in [3.05, 3.63) is 64.1 Å². The van der Waals surface area contributed by atoms with Gasteiger partial charge in [-0.2, -0.15) is 0 Å². The largest absolute Gasteiger partial charge is 0.373 e. The van der Waals surface area contributed by atoms with Crippen LogP contribution in [0.25, 0.3) is 0 Å². The highest BCUT2D eigenvalue weighted by Gasteiger charge is 2.22. The Balaban J connectivity index is 0.000000163. The smallest absolute Gasteiger partial charge is 0.183 e. The van der Waals surface area contributed by atoms with E-state index in [2.05, 4.69) is 53.8 Å². The molecule has 4 atom stereocenters. The third-order valence-electron chi connectivity index (χ3n) is 6.07. The Bertz CT molecular complexity index is 937. The molecule has 0 aromatic heterocycles. The van der Waals surface area contributed by atoms with E-state index in [4.69, 9.17) is 18.9 Å². The van der Waals surface area contributed by atoms with Gasteiger partial charge in [-0.3, -0.25) is 4.79 Å². The molecule has 8 heteroatoms. The topological polar surface area (TPSA) is 69.3 Å². The van der Waals surface area contributed by atoms with Gasteiger partial charge in [-0.25, -0.2) is 0 Å². The average molecular weight is 578 g/mol. The highest BCUT2D eigenvalue weighted by Crippen LogP contribution is 2.25. The van der Waals surface area contributed by atoms with Gasteiger partial charge in [0.15, 0.2) is 6.29 Å². The molecule has 3 fully saturated rings. The maximum atomic E-state index is 10.7. The van der Waals surface area contributed by atoms with E-state index in [1.807, 2.05) is 48.5 Å². The second kappa shape index (κ2) is 15.6. The summed E-state index contributed by atoms with van der Waals surface area (Å²) in [4.78, 5) is 13.0. The Hall–Kier alpha value is -1.81. The normalized spacial score (nSPS) is 26.2. The van der Waals surface area contributed by atoms with Crippen molar-refractivity contribution in [1.82, 2.24) is 5.32 Å². The van der Waals surface area contributed by atoms with Gasteiger partial charge in [-0.05, 0) is 58.4 Å². The van der Waals surface area contributed by atoms with Crippen LogP contribution in [0.5, 0.6) is 0 Å². The standard InChI is InChI=1S/C13H17NO2.C10H11BrO2.C6H13NO/c1-10-7-14(8-11(2)16-10)13-5-3-4-12(6-13)9-15;11-9-4-1-3-8(7-9)10-12-5-2-6-13-10;1-5-3-7-4-6(2)8-5/h3-6,9-11H,7-8H2,1-2H3;1,3-4,7,10H,2,5-6H2;5-7H,3-4H2,1-2H3/t10-,11+;;. The van der Waals surface area contributed by atoms with Crippen LogP contribution < -0.4 is 10.2 Å². The van der Waals surface area contributed by atoms with E-state index in [1.54, 1.807) is 0 Å². The van der Waals surface area contributed by atoms with Crippen LogP contribution in [0, 0.1) is 0 Å². The Labute approximate surface area is 229 Å². The van der Waals surface area contributed by atoms with E-state index in [-0.39, 0.29) is 18.5 Å². The Morgan fingerprint density at radius 1 is 0.865 bits per heavy atom. The lowest BCUT2D eigenvalue weighted by Crippen LogP contribution is -2.45. The Morgan fingerprint density at radius 3 is 2.05 bits per heavy atom. The first kappa shape index (κ1) is 29.7. The van der Waals surface area contributed by atoms with Gasteiger partial charge in [0.05, 0.1) is 37.6 Å². The van der Waals surface area contributed by atoms with Crippen molar-refractivity contribution >= 4 is 27.9 Å². The minimum atomic E-state index is -0.175. The first-order valence-corrected chi connectivity index (χ1v) is 13.9. The number of hydrogen-bond acceptors (Lipinski definition) is 7. The number of ether oxygens (including phenoxy) is 4. The fourth-order valence-corrected chi connectivity index (χ4v) is 4.92. The van der Waals surface area contributed by atoms with Crippen molar-refractivity contribution in [2.45, 2.75) is 64.8 Å². The number of halogens is 1. The fraction of sp³-hybridized carbons (Fsp3) is 0.552. The molecule has 204 valence electrons. The highest BCUT2D eigenvalue weighted by molar-refractivity contribution is 9.10. The van der Waals surface area contributed by atoms with Crippen LogP contribution in [-0.4, -0.2) is 70.1 Å². The first-order chi connectivity index (χ1) is 17.8. The van der Waals surface area contributed by atoms with Gasteiger partial charge in [-0.15, -0.1) is 0 Å². The van der Waals surface area contributed by atoms with Gasteiger partial charge in [-0.1, -0.05) is 40.2 Å². The van der Waals surface area contributed by atoms with E-state index >= 15 is 0 Å². The SMILES string of the molecule is Brc1cccc(C2OCCCO2)c1.CC1CNCC(C)O1.C[C@@H]1CN(c2cccc(C=O)c2)C[C@H](C)O1. The minimum absolute atomic E-state index is 0.175. The summed E-state index contributed by atoms with van der Waals surface area (Å²) in [7, 11) is 0. The van der Waals surface area contributed by atoms with Crippen LogP contribution in [-0.2, 0) is 18.9 Å². The molecule has 3 aliphatic rings. The highest BCUT2D eigenvalue weighted by atomic mass is 79.9. The van der Waals surface area contributed by atoms with Crippen molar-refractivity contribution in [2.24, 2.45) is 0 Å². The predicted octanol–water partition coefficient (Wildman–Crippen LogP) is 5.38. The molecule has 2 aromatic carbocycles. The number of carbonyl (C=O) groups is 1. The summed E-state index contributed by atoms with van der Waals surface area (Å²) in [6, 6.07) is 15.7. The van der Waals surface area contributed by atoms with Crippen molar-refractivity contribution in [1.29, 1.82) is 0 Å². The van der Waals surface area contributed by atoms with Gasteiger partial charge in [0, 0.05) is 47.5 Å². The summed E-state index contributed by atoms with van der Waals surface area (Å²) in [5.74, 6) is 0. The molecule has 3 heterocycles. The second-order valence-electron chi connectivity index (χ2n) is 9.77. The monoisotopic (exact) mass is 576 g/mol. The summed E-state index contributed by atoms with van der Waals surface area (Å²) in [6.07, 6.45) is 2.98. The lowest BCUT2D eigenvalue weighted by atomic mass is 10.1. The van der Waals surface area contributed by atoms with Crippen molar-refractivity contribution in [3.8, 4) is 0 Å². The van der Waals surface area contributed by atoms with E-state index in [1.165, 1.54) is 0 Å². The summed E-state index contributed by atoms with van der Waals surface area (Å²) in [6.45, 7) is 13.7. The number of morpholine rings is 2. The molecule has 2 unspecified atom stereocenters. The maximum Gasteiger partial charge on any atom is 0.183 e. The molecule has 0 spiro atoms. The van der Waals surface area contributed by atoms with Crippen molar-refractivity contribution in [2.75, 3.05) is 44.3 Å². The molecular weight excluding hydrogens is 536 g/mol. The number of rotatable bonds is 3. The van der Waals surface area contributed by atoms with Crippen molar-refractivity contribution < 1.29 is 23.7 Å². The second-order valence-corrected chi connectivity index (χ2v) is 10.7. The minimum Gasteiger partial charge on any atom is -0.373 e. The zero-order valence-corrected chi connectivity index (χ0v) is 24.0. The van der Waals surface area contributed by atoms with Crippen LogP contribution in [0.15, 0.2) is 53.0 Å². The fourth-order valence-electron chi connectivity index (χ4n) is 4.50. The number of benzene rings is 2. The molecule has 7 nitrogen and oxygen atoms in total. The van der Waals surface area contributed by atoms with E-state index < -0.39 is 0 Å². The third-order valence-corrected chi connectivity index (χ3v) is 6.56. The molecule has 0 radical (unpaired) electrons. The zero-order valence-electron chi connectivity index (χ0n) is 22.4. The number of hydrogen-bond donors (Lipinski definition) is 1. The Kier molecular flexibility index (Phi) is 12.5. The number of nitrogens with one attached hydrogen (secondary N) is 1. The molecule has 0 saturated carbocycles. The van der Waals surface area contributed by atoms with Crippen LogP contribution in [0.2, 0.25) is 0 Å². The van der Waals surface area contributed by atoms with Gasteiger partial charge in [0.1, 0.15) is 6.29 Å². The van der Waals surface area contributed by atoms with Crippen LogP contribution in [0.3, 0.4) is 0 Å². The van der Waals surface area contributed by atoms with Crippen molar-refractivity contribution in [3.63, 3.8) is 0 Å². The van der Waals surface area contributed by atoms with Gasteiger partial charge in [0.2, 0.25) is 0 Å². The van der Waals surface area contributed by atoms with E-state index in [0.717, 1.165) is 73.4 Å². The molecule has 2 aromatic rings. The molecule has 0 amide bonds. The zero-order chi connectivity index (χ0) is 26.6. The molecule has 3 aliphatic heterocycles. The maximum absolute atomic E-state index is 10.7. The predicted molar refractivity (Wildman–Crippen MR) is 150 cm³/mol. The summed E-state index contributed by atoms with van der Waals surface area (Å²) in [5, 5.41) is 3.26. The molecule has 3 saturated heterocycles. The average Bonchev–Trinajstić information content (AvgIpc) is 2.89. The van der Waals surface area contributed by atoms with E-state index in [0.29, 0.717) is 12.2 Å². The summed E-state index contributed by atoms with van der Waals surface area (Å²) < 4.78 is 23.1. The quantitative estimate of drug-likeness (QED) is 0.492.